The maximum Gasteiger partial charge on any atom is 0.266 e. The Morgan fingerprint density at radius 2 is 1.86 bits per heavy atom. The number of amides is 1. The average Bonchev–Trinajstić information content (AvgIpc) is 3.24. The van der Waals surface area contributed by atoms with Crippen molar-refractivity contribution in [2.24, 2.45) is 0 Å². The number of nitrogens with one attached hydrogen (secondary N) is 1. The molecule has 2 aromatic heterocycles. The van der Waals surface area contributed by atoms with Crippen molar-refractivity contribution in [3.05, 3.63) is 65.0 Å². The number of sulfonamides is 1. The average molecular weight is 417 g/mol. The number of benzene rings is 1. The molecule has 1 N–H and O–H groups in total. The highest BCUT2D eigenvalue weighted by atomic mass is 32.2. The Hall–Kier alpha value is -3.38. The molecule has 11 nitrogen and oxygen atoms in total. The Balaban J connectivity index is 1.63. The number of hydrogen-bond donors (Lipinski definition) is 1. The first kappa shape index (κ1) is 20.4. The van der Waals surface area contributed by atoms with Crippen LogP contribution in [0.3, 0.4) is 0 Å². The molecule has 1 aromatic carbocycles. The van der Waals surface area contributed by atoms with E-state index in [1.807, 2.05) is 0 Å². The third-order valence-corrected chi connectivity index (χ3v) is 5.84. The molecule has 0 unspecified atom stereocenters. The lowest BCUT2D eigenvalue weighted by Crippen LogP contribution is -2.32. The van der Waals surface area contributed by atoms with Crippen LogP contribution in [-0.4, -0.2) is 63.8 Å². The zero-order chi connectivity index (χ0) is 21.0. The van der Waals surface area contributed by atoms with Gasteiger partial charge in [-0.15, -0.1) is 5.10 Å². The molecule has 0 bridgehead atoms. The molecule has 0 atom stereocenters. The molecule has 0 fully saturated rings. The zero-order valence-electron chi connectivity index (χ0n) is 15.8. The molecule has 29 heavy (non-hydrogen) atoms. The van der Waals surface area contributed by atoms with Crippen molar-refractivity contribution in [3.8, 4) is 5.82 Å². The van der Waals surface area contributed by atoms with Gasteiger partial charge in [0.1, 0.15) is 12.7 Å². The van der Waals surface area contributed by atoms with Crippen LogP contribution in [0.5, 0.6) is 0 Å². The van der Waals surface area contributed by atoms with Crippen LogP contribution in [0.15, 0.2) is 58.7 Å². The highest BCUT2D eigenvalue weighted by molar-refractivity contribution is 7.89. The van der Waals surface area contributed by atoms with Crippen LogP contribution in [0.4, 0.5) is 0 Å². The standard InChI is InChI=1S/C17H19N7O4S/c1-22(2)29(27,28)14-5-3-13(4-6-14)17(26)19-9-10-23-16(25)8-7-15(21-23)24-12-18-11-20-24/h3-8,11-12H,9-10H2,1-2H3,(H,19,26). The van der Waals surface area contributed by atoms with E-state index >= 15 is 0 Å². The number of nitrogens with zero attached hydrogens (tertiary/aromatic N) is 6. The third-order valence-electron chi connectivity index (χ3n) is 4.01. The summed E-state index contributed by atoms with van der Waals surface area (Å²) in [6.45, 7) is 0.310. The number of rotatable bonds is 7. The molecule has 1 amide bonds. The van der Waals surface area contributed by atoms with Gasteiger partial charge in [0, 0.05) is 32.3 Å². The summed E-state index contributed by atoms with van der Waals surface area (Å²) in [6, 6.07) is 8.49. The smallest absolute Gasteiger partial charge is 0.266 e. The van der Waals surface area contributed by atoms with Crippen molar-refractivity contribution < 1.29 is 13.2 Å². The molecule has 12 heteroatoms. The van der Waals surface area contributed by atoms with E-state index in [0.29, 0.717) is 11.4 Å². The van der Waals surface area contributed by atoms with Gasteiger partial charge in [0.2, 0.25) is 10.0 Å². The summed E-state index contributed by atoms with van der Waals surface area (Å²) in [5.74, 6) is 0.0328. The van der Waals surface area contributed by atoms with Gasteiger partial charge >= 0.3 is 0 Å². The van der Waals surface area contributed by atoms with Crippen LogP contribution in [0.25, 0.3) is 5.82 Å². The van der Waals surface area contributed by atoms with Crippen molar-refractivity contribution in [1.29, 1.82) is 0 Å². The second-order valence-corrected chi connectivity index (χ2v) is 8.31. The summed E-state index contributed by atoms with van der Waals surface area (Å²) < 4.78 is 27.8. The summed E-state index contributed by atoms with van der Waals surface area (Å²) in [4.78, 5) is 28.1. The van der Waals surface area contributed by atoms with Crippen molar-refractivity contribution in [2.75, 3.05) is 20.6 Å². The highest BCUT2D eigenvalue weighted by Gasteiger charge is 2.17. The minimum Gasteiger partial charge on any atom is -0.350 e. The molecule has 3 rings (SSSR count). The molecule has 0 spiro atoms. The lowest BCUT2D eigenvalue weighted by atomic mass is 10.2. The molecule has 0 aliphatic rings. The maximum absolute atomic E-state index is 12.3. The molecule has 2 heterocycles. The minimum absolute atomic E-state index is 0.0970. The maximum atomic E-state index is 12.3. The normalized spacial score (nSPS) is 11.6. The molecule has 152 valence electrons. The Labute approximate surface area is 166 Å². The summed E-state index contributed by atoms with van der Waals surface area (Å²) >= 11 is 0. The van der Waals surface area contributed by atoms with E-state index in [4.69, 9.17) is 0 Å². The van der Waals surface area contributed by atoms with Gasteiger partial charge in [-0.2, -0.15) is 5.10 Å². The van der Waals surface area contributed by atoms with E-state index in [0.717, 1.165) is 4.31 Å². The number of aromatic nitrogens is 5. The van der Waals surface area contributed by atoms with Crippen LogP contribution in [-0.2, 0) is 16.6 Å². The molecule has 3 aromatic rings. The Morgan fingerprint density at radius 1 is 1.14 bits per heavy atom. The minimum atomic E-state index is -3.56. The van der Waals surface area contributed by atoms with E-state index in [1.54, 1.807) is 0 Å². The highest BCUT2D eigenvalue weighted by Crippen LogP contribution is 2.13. The van der Waals surface area contributed by atoms with Gasteiger partial charge in [-0.3, -0.25) is 9.59 Å². The Morgan fingerprint density at radius 3 is 2.48 bits per heavy atom. The van der Waals surface area contributed by atoms with Gasteiger partial charge in [0.25, 0.3) is 11.5 Å². The summed E-state index contributed by atoms with van der Waals surface area (Å²) in [5, 5.41) is 10.8. The third kappa shape index (κ3) is 4.55. The van der Waals surface area contributed by atoms with E-state index in [1.165, 1.54) is 72.5 Å². The fraction of sp³-hybridized carbons (Fsp3) is 0.235. The van der Waals surface area contributed by atoms with Crippen molar-refractivity contribution in [1.82, 2.24) is 34.2 Å². The monoisotopic (exact) mass is 417 g/mol. The van der Waals surface area contributed by atoms with Gasteiger partial charge in [0.15, 0.2) is 5.82 Å². The van der Waals surface area contributed by atoms with Crippen LogP contribution < -0.4 is 10.9 Å². The van der Waals surface area contributed by atoms with E-state index in [9.17, 15) is 18.0 Å². The first-order chi connectivity index (χ1) is 13.8. The van der Waals surface area contributed by atoms with E-state index in [-0.39, 0.29) is 29.5 Å². The first-order valence-corrected chi connectivity index (χ1v) is 9.97. The second-order valence-electron chi connectivity index (χ2n) is 6.16. The summed E-state index contributed by atoms with van der Waals surface area (Å²) in [5.41, 5.74) is -0.0132. The van der Waals surface area contributed by atoms with Crippen LogP contribution in [0, 0.1) is 0 Å². The van der Waals surface area contributed by atoms with Gasteiger partial charge in [-0.05, 0) is 30.3 Å². The Bertz CT molecular complexity index is 1150. The molecular formula is C17H19N7O4S. The lowest BCUT2D eigenvalue weighted by molar-refractivity contribution is 0.0951. The summed E-state index contributed by atoms with van der Waals surface area (Å²) in [7, 11) is -0.687. The second kappa shape index (κ2) is 8.32. The molecule has 0 aliphatic heterocycles. The number of hydrogen-bond acceptors (Lipinski definition) is 7. The zero-order valence-corrected chi connectivity index (χ0v) is 16.6. The van der Waals surface area contributed by atoms with Crippen LogP contribution >= 0.6 is 0 Å². The van der Waals surface area contributed by atoms with Crippen molar-refractivity contribution in [3.63, 3.8) is 0 Å². The Kier molecular flexibility index (Phi) is 5.84. The van der Waals surface area contributed by atoms with Gasteiger partial charge < -0.3 is 5.32 Å². The molecule has 0 saturated heterocycles. The molecular weight excluding hydrogens is 398 g/mol. The topological polar surface area (TPSA) is 132 Å². The predicted molar refractivity (Wildman–Crippen MR) is 103 cm³/mol. The summed E-state index contributed by atoms with van der Waals surface area (Å²) in [6.07, 6.45) is 2.81. The van der Waals surface area contributed by atoms with Crippen LogP contribution in [0.2, 0.25) is 0 Å². The quantitative estimate of drug-likeness (QED) is 0.548. The first-order valence-electron chi connectivity index (χ1n) is 8.53. The molecule has 0 saturated carbocycles. The van der Waals surface area contributed by atoms with Crippen molar-refractivity contribution in [2.45, 2.75) is 11.4 Å². The largest absolute Gasteiger partial charge is 0.350 e. The van der Waals surface area contributed by atoms with Gasteiger partial charge in [-0.25, -0.2) is 27.1 Å². The van der Waals surface area contributed by atoms with E-state index in [2.05, 4.69) is 20.5 Å². The van der Waals surface area contributed by atoms with Gasteiger partial charge in [-0.1, -0.05) is 0 Å². The van der Waals surface area contributed by atoms with E-state index < -0.39 is 10.0 Å². The lowest BCUT2D eigenvalue weighted by Gasteiger charge is -2.12. The predicted octanol–water partition coefficient (Wildman–Crippen LogP) is -0.496. The molecule has 0 aliphatic carbocycles. The SMILES string of the molecule is CN(C)S(=O)(=O)c1ccc(C(=O)NCCn2nc(-n3cncn3)ccc2=O)cc1. The fourth-order valence-corrected chi connectivity index (χ4v) is 3.32. The number of carbonyl (C=O) groups is 1. The van der Waals surface area contributed by atoms with Crippen molar-refractivity contribution >= 4 is 15.9 Å². The fourth-order valence-electron chi connectivity index (χ4n) is 2.41. The number of carbonyl (C=O) groups excluding carboxylic acids is 1. The molecule has 0 radical (unpaired) electrons. The van der Waals surface area contributed by atoms with Crippen LogP contribution in [0.1, 0.15) is 10.4 Å². The van der Waals surface area contributed by atoms with Gasteiger partial charge in [0.05, 0.1) is 11.4 Å².